The highest BCUT2D eigenvalue weighted by atomic mass is 19.3. The van der Waals surface area contributed by atoms with Crippen LogP contribution in [0.2, 0.25) is 0 Å². The van der Waals surface area contributed by atoms with E-state index in [1.54, 1.807) is 12.1 Å². The molecule has 11 heteroatoms. The van der Waals surface area contributed by atoms with Gasteiger partial charge in [-0.05, 0) is 29.2 Å². The van der Waals surface area contributed by atoms with E-state index in [2.05, 4.69) is 31.0 Å². The molecule has 1 aliphatic heterocycles. The minimum Gasteiger partial charge on any atom is -0.471 e. The molecule has 0 spiro atoms. The van der Waals surface area contributed by atoms with E-state index in [-0.39, 0.29) is 22.8 Å². The molecule has 31 heavy (non-hydrogen) atoms. The van der Waals surface area contributed by atoms with Crippen molar-refractivity contribution in [1.82, 2.24) is 14.8 Å². The summed E-state index contributed by atoms with van der Waals surface area (Å²) in [6.45, 7) is 6.14. The van der Waals surface area contributed by atoms with Crippen molar-refractivity contribution < 1.29 is 32.2 Å². The van der Waals surface area contributed by atoms with Crippen molar-refractivity contribution in [3.8, 4) is 5.75 Å². The van der Waals surface area contributed by atoms with Crippen molar-refractivity contribution in [2.45, 2.75) is 57.9 Å². The second-order valence-corrected chi connectivity index (χ2v) is 8.15. The third-order valence-electron chi connectivity index (χ3n) is 4.77. The molecule has 1 aliphatic rings. The summed E-state index contributed by atoms with van der Waals surface area (Å²) in [4.78, 5) is 12.5. The van der Waals surface area contributed by atoms with Crippen LogP contribution in [0.4, 0.5) is 17.6 Å². The second kappa shape index (κ2) is 8.29. The molecule has 0 saturated carbocycles. The van der Waals surface area contributed by atoms with Crippen LogP contribution in [-0.4, -0.2) is 50.1 Å². The average molecular weight is 442 g/mol. The Hall–Kier alpha value is -2.95. The van der Waals surface area contributed by atoms with Gasteiger partial charge in [0.1, 0.15) is 11.5 Å². The van der Waals surface area contributed by atoms with Crippen molar-refractivity contribution >= 4 is 11.6 Å². The predicted molar refractivity (Wildman–Crippen MR) is 103 cm³/mol. The molecule has 1 N–H and O–H groups in total. The number of aromatic nitrogens is 2. The maximum atomic E-state index is 13.3. The van der Waals surface area contributed by atoms with E-state index >= 15 is 0 Å². The number of carbonyl (C=O) groups is 1. The molecular formula is C20H22F4N4O3. The Morgan fingerprint density at radius 2 is 1.84 bits per heavy atom. The number of hydrogen-bond donors (Lipinski definition) is 1. The molecule has 0 fully saturated rings. The molecule has 1 atom stereocenters. The van der Waals surface area contributed by atoms with Gasteiger partial charge in [-0.15, -0.1) is 0 Å². The number of hydrazone groups is 1. The van der Waals surface area contributed by atoms with Gasteiger partial charge in [0, 0.05) is 12.6 Å². The standard InChI is InChI=1S/C20H22F4N4O3/c1-19(2,3)12-4-6-13(7-5-12)31-11-27-9-8-14(25-27)17(29)28-20(30,18(23)24)10-15(26-28)16(21)22/h4-9,16,18,30H,10-11H2,1-3H3/t20-/m0/s1. The molecule has 168 valence electrons. The lowest BCUT2D eigenvalue weighted by Crippen LogP contribution is -2.51. The van der Waals surface area contributed by atoms with Crippen LogP contribution in [-0.2, 0) is 12.1 Å². The Morgan fingerprint density at radius 3 is 2.39 bits per heavy atom. The van der Waals surface area contributed by atoms with Gasteiger partial charge < -0.3 is 9.84 Å². The van der Waals surface area contributed by atoms with Gasteiger partial charge in [0.15, 0.2) is 12.4 Å². The van der Waals surface area contributed by atoms with Crippen LogP contribution in [0.25, 0.3) is 0 Å². The highest BCUT2D eigenvalue weighted by Crippen LogP contribution is 2.34. The number of aliphatic hydroxyl groups is 1. The van der Waals surface area contributed by atoms with Gasteiger partial charge in [0.25, 0.3) is 18.8 Å². The van der Waals surface area contributed by atoms with E-state index in [0.29, 0.717) is 5.75 Å². The quantitative estimate of drug-likeness (QED) is 0.693. The summed E-state index contributed by atoms with van der Waals surface area (Å²) in [5, 5.41) is 17.2. The van der Waals surface area contributed by atoms with Crippen LogP contribution >= 0.6 is 0 Å². The summed E-state index contributed by atoms with van der Waals surface area (Å²) in [7, 11) is 0. The highest BCUT2D eigenvalue weighted by molar-refractivity contribution is 5.97. The van der Waals surface area contributed by atoms with E-state index in [1.807, 2.05) is 12.1 Å². The molecule has 1 amide bonds. The van der Waals surface area contributed by atoms with Crippen LogP contribution in [0.3, 0.4) is 0 Å². The minimum atomic E-state index is -3.50. The topological polar surface area (TPSA) is 80.0 Å². The molecule has 2 aromatic rings. The first-order valence-corrected chi connectivity index (χ1v) is 9.39. The Balaban J connectivity index is 1.70. The fourth-order valence-corrected chi connectivity index (χ4v) is 2.95. The van der Waals surface area contributed by atoms with E-state index in [1.165, 1.54) is 16.9 Å². The smallest absolute Gasteiger partial charge is 0.297 e. The van der Waals surface area contributed by atoms with Crippen LogP contribution in [0, 0.1) is 0 Å². The molecule has 0 unspecified atom stereocenters. The molecule has 1 aromatic heterocycles. The van der Waals surface area contributed by atoms with Crippen LogP contribution in [0.5, 0.6) is 5.75 Å². The first-order chi connectivity index (χ1) is 14.4. The number of benzene rings is 1. The minimum absolute atomic E-state index is 0.0157. The summed E-state index contributed by atoms with van der Waals surface area (Å²) in [6, 6.07) is 8.60. The van der Waals surface area contributed by atoms with E-state index < -0.39 is 36.6 Å². The molecular weight excluding hydrogens is 420 g/mol. The Labute approximate surface area is 175 Å². The summed E-state index contributed by atoms with van der Waals surface area (Å²) < 4.78 is 59.2. The Morgan fingerprint density at radius 1 is 1.19 bits per heavy atom. The second-order valence-electron chi connectivity index (χ2n) is 8.15. The fraction of sp³-hybridized carbons (Fsp3) is 0.450. The maximum absolute atomic E-state index is 13.3. The number of alkyl halides is 4. The third-order valence-corrected chi connectivity index (χ3v) is 4.77. The Bertz CT molecular complexity index is 970. The van der Waals surface area contributed by atoms with E-state index in [0.717, 1.165) is 5.56 Å². The number of rotatable bonds is 6. The van der Waals surface area contributed by atoms with Gasteiger partial charge in [-0.1, -0.05) is 32.9 Å². The van der Waals surface area contributed by atoms with Crippen molar-refractivity contribution in [2.24, 2.45) is 5.10 Å². The highest BCUT2D eigenvalue weighted by Gasteiger charge is 2.53. The molecule has 2 heterocycles. The zero-order chi connectivity index (χ0) is 23.0. The van der Waals surface area contributed by atoms with Crippen LogP contribution < -0.4 is 4.74 Å². The van der Waals surface area contributed by atoms with Gasteiger partial charge in [-0.3, -0.25) is 4.79 Å². The maximum Gasteiger partial charge on any atom is 0.297 e. The summed E-state index contributed by atoms with van der Waals surface area (Å²) in [5.74, 6) is -0.680. The molecule has 0 bridgehead atoms. The summed E-state index contributed by atoms with van der Waals surface area (Å²) in [5.41, 5.74) is -3.41. The first kappa shape index (κ1) is 22.7. The zero-order valence-corrected chi connectivity index (χ0v) is 17.1. The number of carbonyl (C=O) groups excluding carboxylic acids is 1. The van der Waals surface area contributed by atoms with Crippen molar-refractivity contribution in [1.29, 1.82) is 0 Å². The Kier molecular flexibility index (Phi) is 6.08. The lowest BCUT2D eigenvalue weighted by atomic mass is 9.87. The van der Waals surface area contributed by atoms with Crippen LogP contribution in [0.15, 0.2) is 41.6 Å². The lowest BCUT2D eigenvalue weighted by Gasteiger charge is -2.29. The van der Waals surface area contributed by atoms with Gasteiger partial charge in [-0.25, -0.2) is 22.2 Å². The SMILES string of the molecule is CC(C)(C)c1ccc(OCn2ccc(C(=O)N3N=C(C(F)F)C[C@]3(O)C(F)F)n2)cc1. The van der Waals surface area contributed by atoms with E-state index in [4.69, 9.17) is 4.74 Å². The predicted octanol–water partition coefficient (Wildman–Crippen LogP) is 3.64. The van der Waals surface area contributed by atoms with Gasteiger partial charge in [0.2, 0.25) is 5.72 Å². The molecule has 0 aliphatic carbocycles. The molecule has 0 radical (unpaired) electrons. The normalized spacial score (nSPS) is 19.3. The van der Waals surface area contributed by atoms with Gasteiger partial charge >= 0.3 is 0 Å². The number of nitrogens with zero attached hydrogens (tertiary/aromatic N) is 4. The molecule has 1 aromatic carbocycles. The molecule has 0 saturated heterocycles. The molecule has 7 nitrogen and oxygen atoms in total. The number of ether oxygens (including phenoxy) is 1. The number of hydrogen-bond acceptors (Lipinski definition) is 5. The van der Waals surface area contributed by atoms with Crippen LogP contribution in [0.1, 0.15) is 43.2 Å². The van der Waals surface area contributed by atoms with Crippen molar-refractivity contribution in [3.63, 3.8) is 0 Å². The number of amides is 1. The van der Waals surface area contributed by atoms with E-state index in [9.17, 15) is 27.5 Å². The lowest BCUT2D eigenvalue weighted by molar-refractivity contribution is -0.164. The third kappa shape index (κ3) is 4.71. The van der Waals surface area contributed by atoms with Crippen molar-refractivity contribution in [2.75, 3.05) is 0 Å². The van der Waals surface area contributed by atoms with Gasteiger partial charge in [0.05, 0.1) is 0 Å². The van der Waals surface area contributed by atoms with Gasteiger partial charge in [-0.2, -0.15) is 15.2 Å². The summed E-state index contributed by atoms with van der Waals surface area (Å²) >= 11 is 0. The largest absolute Gasteiger partial charge is 0.471 e. The first-order valence-electron chi connectivity index (χ1n) is 9.39. The monoisotopic (exact) mass is 442 g/mol. The number of halogens is 4. The fourth-order valence-electron chi connectivity index (χ4n) is 2.95. The zero-order valence-electron chi connectivity index (χ0n) is 17.1. The summed E-state index contributed by atoms with van der Waals surface area (Å²) in [6.07, 6.45) is -6.48. The van der Waals surface area contributed by atoms with Crippen molar-refractivity contribution in [3.05, 3.63) is 47.8 Å². The molecule has 3 rings (SSSR count). The average Bonchev–Trinajstić information content (AvgIpc) is 3.31.